The molecule has 0 fully saturated rings. The lowest BCUT2D eigenvalue weighted by molar-refractivity contribution is 0.706. The molecule has 0 unspecified atom stereocenters. The molecule has 2 heterocycles. The molecule has 1 aromatic carbocycles. The Labute approximate surface area is 100 Å². The van der Waals surface area contributed by atoms with Gasteiger partial charge in [0.25, 0.3) is 5.95 Å². The average molecular weight is 281 g/mol. The van der Waals surface area contributed by atoms with Gasteiger partial charge >= 0.3 is 0 Å². The highest BCUT2D eigenvalue weighted by atomic mass is 79.9. The number of hydrogen-bond donors (Lipinski definition) is 1. The van der Waals surface area contributed by atoms with Crippen LogP contribution in [0.2, 0.25) is 0 Å². The summed E-state index contributed by atoms with van der Waals surface area (Å²) in [6, 6.07) is 6.08. The van der Waals surface area contributed by atoms with Crippen molar-refractivity contribution in [3.05, 3.63) is 22.7 Å². The Morgan fingerprint density at radius 2 is 2.31 bits per heavy atom. The summed E-state index contributed by atoms with van der Waals surface area (Å²) in [5.41, 5.74) is 2.17. The summed E-state index contributed by atoms with van der Waals surface area (Å²) in [6.07, 6.45) is 0. The van der Waals surface area contributed by atoms with Gasteiger partial charge in [-0.2, -0.15) is 0 Å². The van der Waals surface area contributed by atoms with E-state index in [4.69, 9.17) is 0 Å². The first-order valence-electron chi connectivity index (χ1n) is 4.79. The van der Waals surface area contributed by atoms with E-state index < -0.39 is 0 Å². The third-order valence-corrected chi connectivity index (χ3v) is 3.01. The molecule has 0 bridgehead atoms. The summed E-state index contributed by atoms with van der Waals surface area (Å²) < 4.78 is 2.69. The number of tetrazole rings is 1. The normalized spacial score (nSPS) is 13.8. The number of aromatic nitrogens is 4. The molecule has 6 nitrogen and oxygen atoms in total. The minimum Gasteiger partial charge on any atom is -0.366 e. The first-order chi connectivity index (χ1) is 7.75. The van der Waals surface area contributed by atoms with Crippen molar-refractivity contribution in [2.75, 3.05) is 16.9 Å². The number of hydrogen-bond acceptors (Lipinski definition) is 5. The first-order valence-corrected chi connectivity index (χ1v) is 5.58. The molecule has 1 aliphatic heterocycles. The lowest BCUT2D eigenvalue weighted by Crippen LogP contribution is -2.20. The quantitative estimate of drug-likeness (QED) is 0.858. The summed E-state index contributed by atoms with van der Waals surface area (Å²) >= 11 is 3.46. The molecule has 0 radical (unpaired) electrons. The molecular weight excluding hydrogens is 272 g/mol. The largest absolute Gasteiger partial charge is 0.366 e. The number of nitrogens with zero attached hydrogens (tertiary/aromatic N) is 5. The second-order valence-corrected chi connectivity index (χ2v) is 4.44. The van der Waals surface area contributed by atoms with Crippen LogP contribution in [0.25, 0.3) is 0 Å². The molecule has 82 valence electrons. The molecule has 1 N–H and O–H groups in total. The van der Waals surface area contributed by atoms with E-state index in [1.165, 1.54) is 0 Å². The van der Waals surface area contributed by atoms with Crippen molar-refractivity contribution in [2.45, 2.75) is 0 Å². The van der Waals surface area contributed by atoms with Crippen molar-refractivity contribution in [3.63, 3.8) is 0 Å². The Morgan fingerprint density at radius 3 is 3.06 bits per heavy atom. The Hall–Kier alpha value is -1.63. The number of aryl methyl sites for hydroxylation is 1. The van der Waals surface area contributed by atoms with Crippen LogP contribution < -0.4 is 10.2 Å². The van der Waals surface area contributed by atoms with Gasteiger partial charge in [-0.05, 0) is 28.6 Å². The zero-order valence-corrected chi connectivity index (χ0v) is 10.1. The van der Waals surface area contributed by atoms with Crippen LogP contribution in [-0.4, -0.2) is 26.9 Å². The SMILES string of the molecule is Cn1nnnc1N1CNc2ccc(Br)cc21. The van der Waals surface area contributed by atoms with Crippen molar-refractivity contribution in [3.8, 4) is 0 Å². The predicted molar refractivity (Wildman–Crippen MR) is 63.6 cm³/mol. The highest BCUT2D eigenvalue weighted by Crippen LogP contribution is 2.37. The monoisotopic (exact) mass is 280 g/mol. The minimum absolute atomic E-state index is 0.681. The summed E-state index contributed by atoms with van der Waals surface area (Å²) in [5.74, 6) is 0.726. The van der Waals surface area contributed by atoms with Gasteiger partial charge in [0.05, 0.1) is 18.0 Å². The smallest absolute Gasteiger partial charge is 0.251 e. The molecule has 0 aliphatic carbocycles. The fraction of sp³-hybridized carbons (Fsp3) is 0.222. The average Bonchev–Trinajstić information content (AvgIpc) is 2.83. The molecular formula is C9H9BrN6. The lowest BCUT2D eigenvalue weighted by Gasteiger charge is -2.14. The molecule has 1 aromatic heterocycles. The topological polar surface area (TPSA) is 58.9 Å². The number of fused-ring (bicyclic) bond motifs is 1. The van der Waals surface area contributed by atoms with Gasteiger partial charge < -0.3 is 5.32 Å². The van der Waals surface area contributed by atoms with Crippen molar-refractivity contribution >= 4 is 33.3 Å². The van der Waals surface area contributed by atoms with E-state index in [2.05, 4.69) is 36.8 Å². The van der Waals surface area contributed by atoms with Gasteiger partial charge in [0.1, 0.15) is 0 Å². The van der Waals surface area contributed by atoms with Gasteiger partial charge in [-0.3, -0.25) is 4.90 Å². The van der Waals surface area contributed by atoms with Gasteiger partial charge in [0, 0.05) is 11.5 Å². The molecule has 0 amide bonds. The molecule has 3 rings (SSSR count). The second kappa shape index (κ2) is 3.44. The van der Waals surface area contributed by atoms with E-state index >= 15 is 0 Å². The highest BCUT2D eigenvalue weighted by molar-refractivity contribution is 9.10. The van der Waals surface area contributed by atoms with Crippen LogP contribution in [0.1, 0.15) is 0 Å². The minimum atomic E-state index is 0.681. The second-order valence-electron chi connectivity index (χ2n) is 3.53. The Morgan fingerprint density at radius 1 is 1.44 bits per heavy atom. The van der Waals surface area contributed by atoms with Gasteiger partial charge in [-0.25, -0.2) is 4.68 Å². The van der Waals surface area contributed by atoms with E-state index in [1.54, 1.807) is 4.68 Å². The fourth-order valence-corrected chi connectivity index (χ4v) is 2.11. The van der Waals surface area contributed by atoms with Gasteiger partial charge in [0.15, 0.2) is 0 Å². The molecule has 0 spiro atoms. The Bertz CT molecular complexity index is 537. The predicted octanol–water partition coefficient (Wildman–Crippen LogP) is 1.49. The third kappa shape index (κ3) is 1.35. The van der Waals surface area contributed by atoms with E-state index in [0.29, 0.717) is 6.67 Å². The number of halogens is 1. The first kappa shape index (κ1) is 9.59. The van der Waals surface area contributed by atoms with Crippen molar-refractivity contribution < 1.29 is 0 Å². The van der Waals surface area contributed by atoms with Crippen LogP contribution in [0, 0.1) is 0 Å². The summed E-state index contributed by atoms with van der Waals surface area (Å²) in [4.78, 5) is 2.03. The van der Waals surface area contributed by atoms with Crippen LogP contribution in [0.3, 0.4) is 0 Å². The zero-order valence-electron chi connectivity index (χ0n) is 8.55. The number of nitrogens with one attached hydrogen (secondary N) is 1. The van der Waals surface area contributed by atoms with Gasteiger partial charge in [-0.1, -0.05) is 21.0 Å². The van der Waals surface area contributed by atoms with Crippen molar-refractivity contribution in [1.29, 1.82) is 0 Å². The maximum absolute atomic E-state index is 4.00. The van der Waals surface area contributed by atoms with Crippen molar-refractivity contribution in [1.82, 2.24) is 20.2 Å². The van der Waals surface area contributed by atoms with Crippen molar-refractivity contribution in [2.24, 2.45) is 7.05 Å². The fourth-order valence-electron chi connectivity index (χ4n) is 1.76. The molecule has 1 aliphatic rings. The van der Waals surface area contributed by atoms with E-state index in [-0.39, 0.29) is 0 Å². The van der Waals surface area contributed by atoms with Gasteiger partial charge in [0.2, 0.25) is 0 Å². The van der Waals surface area contributed by atoms with E-state index in [9.17, 15) is 0 Å². The number of benzene rings is 1. The van der Waals surface area contributed by atoms with Crippen LogP contribution in [0.4, 0.5) is 17.3 Å². The molecule has 0 atom stereocenters. The number of anilines is 3. The van der Waals surface area contributed by atoms with Crippen LogP contribution >= 0.6 is 15.9 Å². The van der Waals surface area contributed by atoms with E-state index in [1.807, 2.05) is 30.1 Å². The van der Waals surface area contributed by atoms with Crippen LogP contribution in [0.5, 0.6) is 0 Å². The third-order valence-electron chi connectivity index (χ3n) is 2.52. The number of rotatable bonds is 1. The molecule has 2 aromatic rings. The Kier molecular flexibility index (Phi) is 2.06. The highest BCUT2D eigenvalue weighted by Gasteiger charge is 2.23. The molecule has 0 saturated carbocycles. The maximum atomic E-state index is 4.00. The molecule has 16 heavy (non-hydrogen) atoms. The van der Waals surface area contributed by atoms with Gasteiger partial charge in [-0.15, -0.1) is 0 Å². The summed E-state index contributed by atoms with van der Waals surface area (Å²) in [7, 11) is 1.82. The van der Waals surface area contributed by atoms with E-state index in [0.717, 1.165) is 21.8 Å². The lowest BCUT2D eigenvalue weighted by atomic mass is 10.3. The summed E-state index contributed by atoms with van der Waals surface area (Å²) in [5, 5.41) is 14.8. The van der Waals surface area contributed by atoms with Crippen LogP contribution in [0.15, 0.2) is 22.7 Å². The van der Waals surface area contributed by atoms with Crippen LogP contribution in [-0.2, 0) is 7.05 Å². The molecule has 0 saturated heterocycles. The zero-order chi connectivity index (χ0) is 11.1. The maximum Gasteiger partial charge on any atom is 0.251 e. The summed E-state index contributed by atoms with van der Waals surface area (Å²) in [6.45, 7) is 0.681. The Balaban J connectivity index is 2.09. The standard InChI is InChI=1S/C9H9BrN6/c1-15-9(12-13-14-15)16-5-11-7-3-2-6(10)4-8(7)16/h2-4,11H,5H2,1H3. The molecule has 7 heteroatoms.